The molecule has 2 unspecified atom stereocenters. The fourth-order valence-electron chi connectivity index (χ4n) is 2.98. The van der Waals surface area contributed by atoms with E-state index in [0.29, 0.717) is 11.3 Å². The fourth-order valence-corrected chi connectivity index (χ4v) is 2.98. The maximum atomic E-state index is 6.39. The molecule has 1 aromatic rings. The van der Waals surface area contributed by atoms with Crippen LogP contribution in [0.5, 0.6) is 0 Å². The van der Waals surface area contributed by atoms with E-state index >= 15 is 0 Å². The van der Waals surface area contributed by atoms with Crippen LogP contribution < -0.4 is 5.73 Å². The maximum absolute atomic E-state index is 6.39. The van der Waals surface area contributed by atoms with Crippen molar-refractivity contribution in [2.24, 2.45) is 17.1 Å². The first-order valence-electron chi connectivity index (χ1n) is 6.32. The second-order valence-corrected chi connectivity index (χ2v) is 5.64. The Labute approximate surface area is 98.0 Å². The maximum Gasteiger partial charge on any atom is 0.0537 e. The SMILES string of the molecule is CCn1cc(C(N)C2CCCC2(C)C)cn1. The summed E-state index contributed by atoms with van der Waals surface area (Å²) in [6.45, 7) is 7.70. The first-order chi connectivity index (χ1) is 7.54. The third-order valence-electron chi connectivity index (χ3n) is 4.14. The second kappa shape index (κ2) is 4.21. The normalized spacial score (nSPS) is 25.9. The molecule has 1 saturated carbocycles. The fraction of sp³-hybridized carbons (Fsp3) is 0.769. The summed E-state index contributed by atoms with van der Waals surface area (Å²) in [6.07, 6.45) is 7.90. The summed E-state index contributed by atoms with van der Waals surface area (Å²) in [5.74, 6) is 0.599. The number of hydrogen-bond acceptors (Lipinski definition) is 2. The lowest BCUT2D eigenvalue weighted by molar-refractivity contribution is 0.222. The van der Waals surface area contributed by atoms with Crippen molar-refractivity contribution in [2.75, 3.05) is 0 Å². The van der Waals surface area contributed by atoms with E-state index in [1.54, 1.807) is 0 Å². The van der Waals surface area contributed by atoms with Crippen molar-refractivity contribution >= 4 is 0 Å². The first kappa shape index (κ1) is 11.6. The van der Waals surface area contributed by atoms with Gasteiger partial charge < -0.3 is 5.73 Å². The molecule has 1 aliphatic carbocycles. The van der Waals surface area contributed by atoms with Gasteiger partial charge in [0.05, 0.1) is 6.20 Å². The summed E-state index contributed by atoms with van der Waals surface area (Å²) in [6, 6.07) is 0.151. The quantitative estimate of drug-likeness (QED) is 0.853. The Morgan fingerprint density at radius 3 is 2.88 bits per heavy atom. The van der Waals surface area contributed by atoms with Crippen molar-refractivity contribution in [1.82, 2.24) is 9.78 Å². The third-order valence-corrected chi connectivity index (χ3v) is 4.14. The molecule has 1 fully saturated rings. The van der Waals surface area contributed by atoms with E-state index in [2.05, 4.69) is 32.1 Å². The molecule has 0 aliphatic heterocycles. The minimum atomic E-state index is 0.151. The topological polar surface area (TPSA) is 43.8 Å². The van der Waals surface area contributed by atoms with Crippen LogP contribution in [0.4, 0.5) is 0 Å². The molecular formula is C13H23N3. The van der Waals surface area contributed by atoms with E-state index in [4.69, 9.17) is 5.73 Å². The first-order valence-corrected chi connectivity index (χ1v) is 6.32. The van der Waals surface area contributed by atoms with Crippen molar-refractivity contribution in [3.63, 3.8) is 0 Å². The number of aryl methyl sites for hydroxylation is 1. The molecule has 1 heterocycles. The number of nitrogens with two attached hydrogens (primary N) is 1. The Kier molecular flexibility index (Phi) is 3.06. The standard InChI is InChI=1S/C13H23N3/c1-4-16-9-10(8-15-16)12(14)11-6-5-7-13(11,2)3/h8-9,11-12H,4-7,14H2,1-3H3. The lowest BCUT2D eigenvalue weighted by Crippen LogP contribution is -2.29. The summed E-state index contributed by atoms with van der Waals surface area (Å²) in [5.41, 5.74) is 7.97. The molecule has 0 spiro atoms. The van der Waals surface area contributed by atoms with Crippen molar-refractivity contribution in [2.45, 2.75) is 52.6 Å². The van der Waals surface area contributed by atoms with Gasteiger partial charge >= 0.3 is 0 Å². The van der Waals surface area contributed by atoms with Crippen LogP contribution in [0.25, 0.3) is 0 Å². The molecule has 0 bridgehead atoms. The predicted molar refractivity (Wildman–Crippen MR) is 66.0 cm³/mol. The van der Waals surface area contributed by atoms with Gasteiger partial charge in [0.1, 0.15) is 0 Å². The van der Waals surface area contributed by atoms with Crippen LogP contribution in [0.1, 0.15) is 51.6 Å². The van der Waals surface area contributed by atoms with Gasteiger partial charge in [0, 0.05) is 24.3 Å². The van der Waals surface area contributed by atoms with Gasteiger partial charge in [-0.1, -0.05) is 20.3 Å². The monoisotopic (exact) mass is 221 g/mol. The van der Waals surface area contributed by atoms with E-state index in [1.165, 1.54) is 24.8 Å². The van der Waals surface area contributed by atoms with Gasteiger partial charge in [0.15, 0.2) is 0 Å². The molecule has 16 heavy (non-hydrogen) atoms. The largest absolute Gasteiger partial charge is 0.324 e. The molecule has 2 rings (SSSR count). The molecule has 1 aromatic heterocycles. The summed E-state index contributed by atoms with van der Waals surface area (Å²) in [7, 11) is 0. The Morgan fingerprint density at radius 2 is 2.38 bits per heavy atom. The number of rotatable bonds is 3. The van der Waals surface area contributed by atoms with E-state index in [-0.39, 0.29) is 6.04 Å². The van der Waals surface area contributed by atoms with Crippen LogP contribution >= 0.6 is 0 Å². The highest BCUT2D eigenvalue weighted by Crippen LogP contribution is 2.47. The summed E-state index contributed by atoms with van der Waals surface area (Å²) >= 11 is 0. The van der Waals surface area contributed by atoms with Crippen LogP contribution in [0.2, 0.25) is 0 Å². The van der Waals surface area contributed by atoms with Crippen molar-refractivity contribution in [1.29, 1.82) is 0 Å². The van der Waals surface area contributed by atoms with Gasteiger partial charge in [-0.2, -0.15) is 5.10 Å². The number of nitrogens with zero attached hydrogens (tertiary/aromatic N) is 2. The van der Waals surface area contributed by atoms with E-state index in [0.717, 1.165) is 6.54 Å². The number of hydrogen-bond donors (Lipinski definition) is 1. The Hall–Kier alpha value is -0.830. The van der Waals surface area contributed by atoms with Crippen LogP contribution in [-0.2, 0) is 6.54 Å². The van der Waals surface area contributed by atoms with Gasteiger partial charge in [-0.05, 0) is 31.1 Å². The highest BCUT2D eigenvalue weighted by atomic mass is 15.3. The molecule has 3 heteroatoms. The minimum absolute atomic E-state index is 0.151. The van der Waals surface area contributed by atoms with Gasteiger partial charge in [-0.15, -0.1) is 0 Å². The number of aromatic nitrogens is 2. The van der Waals surface area contributed by atoms with E-state index in [9.17, 15) is 0 Å². The molecule has 90 valence electrons. The predicted octanol–water partition coefficient (Wildman–Crippen LogP) is 2.73. The smallest absolute Gasteiger partial charge is 0.0537 e. The minimum Gasteiger partial charge on any atom is -0.324 e. The van der Waals surface area contributed by atoms with Crippen LogP contribution in [-0.4, -0.2) is 9.78 Å². The molecule has 2 N–H and O–H groups in total. The highest BCUT2D eigenvalue weighted by molar-refractivity contribution is 5.13. The molecule has 1 aliphatic rings. The van der Waals surface area contributed by atoms with E-state index in [1.807, 2.05) is 10.9 Å². The third kappa shape index (κ3) is 2.01. The molecule has 3 nitrogen and oxygen atoms in total. The molecule has 0 saturated heterocycles. The van der Waals surface area contributed by atoms with Gasteiger partial charge in [0.2, 0.25) is 0 Å². The molecule has 0 aromatic carbocycles. The summed E-state index contributed by atoms with van der Waals surface area (Å²) in [5, 5.41) is 4.31. The van der Waals surface area contributed by atoms with Crippen LogP contribution in [0.3, 0.4) is 0 Å². The lowest BCUT2D eigenvalue weighted by Gasteiger charge is -2.31. The second-order valence-electron chi connectivity index (χ2n) is 5.64. The Bertz CT molecular complexity index is 354. The summed E-state index contributed by atoms with van der Waals surface area (Å²) < 4.78 is 1.96. The van der Waals surface area contributed by atoms with Crippen molar-refractivity contribution in [3.05, 3.63) is 18.0 Å². The van der Waals surface area contributed by atoms with Crippen LogP contribution in [0.15, 0.2) is 12.4 Å². The average Bonchev–Trinajstić information content (AvgIpc) is 2.82. The van der Waals surface area contributed by atoms with Gasteiger partial charge in [0.25, 0.3) is 0 Å². The molecule has 0 radical (unpaired) electrons. The molecule has 0 amide bonds. The lowest BCUT2D eigenvalue weighted by atomic mass is 9.76. The van der Waals surface area contributed by atoms with Crippen molar-refractivity contribution in [3.8, 4) is 0 Å². The van der Waals surface area contributed by atoms with Gasteiger partial charge in [-0.25, -0.2) is 0 Å². The zero-order chi connectivity index (χ0) is 11.8. The average molecular weight is 221 g/mol. The van der Waals surface area contributed by atoms with Crippen LogP contribution in [0, 0.1) is 11.3 Å². The zero-order valence-electron chi connectivity index (χ0n) is 10.6. The van der Waals surface area contributed by atoms with Gasteiger partial charge in [-0.3, -0.25) is 4.68 Å². The molecule has 2 atom stereocenters. The zero-order valence-corrected chi connectivity index (χ0v) is 10.6. The summed E-state index contributed by atoms with van der Waals surface area (Å²) in [4.78, 5) is 0. The Balaban J connectivity index is 2.15. The molecular weight excluding hydrogens is 198 g/mol. The Morgan fingerprint density at radius 1 is 1.62 bits per heavy atom. The van der Waals surface area contributed by atoms with E-state index < -0.39 is 0 Å². The van der Waals surface area contributed by atoms with Crippen molar-refractivity contribution < 1.29 is 0 Å². The highest BCUT2D eigenvalue weighted by Gasteiger charge is 2.38.